The molecule has 1 aromatic carbocycles. The number of aliphatic hydroxyl groups is 6. The van der Waals surface area contributed by atoms with Crippen LogP contribution in [-0.2, 0) is 6.42 Å². The second kappa shape index (κ2) is 8.56. The van der Waals surface area contributed by atoms with Crippen LogP contribution in [0.2, 0.25) is 0 Å². The lowest BCUT2D eigenvalue weighted by Gasteiger charge is -2.42. The predicted molar refractivity (Wildman–Crippen MR) is 86.5 cm³/mol. The lowest BCUT2D eigenvalue weighted by atomic mass is 9.83. The van der Waals surface area contributed by atoms with Crippen LogP contribution in [-0.4, -0.2) is 85.9 Å². The highest BCUT2D eigenvalue weighted by Gasteiger charge is 2.48. The molecule has 7 atom stereocenters. The Kier molecular flexibility index (Phi) is 6.71. The number of rotatable bonds is 5. The van der Waals surface area contributed by atoms with Crippen molar-refractivity contribution in [3.05, 3.63) is 35.9 Å². The van der Waals surface area contributed by atoms with E-state index in [1.165, 1.54) is 0 Å². The summed E-state index contributed by atoms with van der Waals surface area (Å²) in [6.07, 6.45) is -8.13. The first kappa shape index (κ1) is 19.6. The van der Waals surface area contributed by atoms with Crippen LogP contribution in [0.4, 0.5) is 4.79 Å². The molecule has 0 spiro atoms. The van der Waals surface area contributed by atoms with Gasteiger partial charge in [-0.2, -0.15) is 0 Å². The van der Waals surface area contributed by atoms with E-state index in [2.05, 4.69) is 10.6 Å². The lowest BCUT2D eigenvalue weighted by molar-refractivity contribution is -0.188. The molecule has 8 N–H and O–H groups in total. The molecule has 1 aliphatic rings. The number of benzene rings is 1. The summed E-state index contributed by atoms with van der Waals surface area (Å²) in [5.74, 6) is 0. The highest BCUT2D eigenvalue weighted by Crippen LogP contribution is 2.21. The Labute approximate surface area is 144 Å². The number of amides is 2. The molecule has 1 aliphatic carbocycles. The quantitative estimate of drug-likeness (QED) is 0.280. The normalized spacial score (nSPS) is 33.5. The first-order valence-electron chi connectivity index (χ1n) is 7.97. The van der Waals surface area contributed by atoms with Crippen molar-refractivity contribution in [2.75, 3.05) is 6.61 Å². The van der Waals surface area contributed by atoms with Crippen molar-refractivity contribution in [3.63, 3.8) is 0 Å². The first-order chi connectivity index (χ1) is 11.8. The molecule has 1 saturated carbocycles. The average molecular weight is 356 g/mol. The maximum Gasteiger partial charge on any atom is 0.315 e. The van der Waals surface area contributed by atoms with E-state index in [9.17, 15) is 35.4 Å². The Morgan fingerprint density at radius 3 is 1.96 bits per heavy atom. The minimum absolute atomic E-state index is 0.331. The standard InChI is InChI=1S/C16H24N2O7/c19-7-9(6-8-4-2-1-3-5-8)17-16(25)18-10-11(20)13(22)15(24)14(23)12(10)21/h1-5,9-15,19-24H,6-7H2,(H2,17,18,25)/t9-,10?,11-,12+,13+,14-,15?/m1/s1. The third kappa shape index (κ3) is 4.66. The van der Waals surface area contributed by atoms with E-state index in [0.29, 0.717) is 6.42 Å². The molecule has 1 fully saturated rings. The molecule has 25 heavy (non-hydrogen) atoms. The molecule has 0 radical (unpaired) electrons. The van der Waals surface area contributed by atoms with Crippen LogP contribution in [0.5, 0.6) is 0 Å². The number of carbonyl (C=O) groups is 1. The molecule has 0 aliphatic heterocycles. The van der Waals surface area contributed by atoms with Gasteiger partial charge in [0.15, 0.2) is 0 Å². The van der Waals surface area contributed by atoms with Crippen LogP contribution in [0.15, 0.2) is 30.3 Å². The molecule has 2 amide bonds. The third-order valence-electron chi connectivity index (χ3n) is 4.31. The molecule has 1 aromatic rings. The predicted octanol–water partition coefficient (Wildman–Crippen LogP) is -2.92. The molecule has 2 unspecified atom stereocenters. The van der Waals surface area contributed by atoms with Crippen LogP contribution in [0, 0.1) is 0 Å². The van der Waals surface area contributed by atoms with Gasteiger partial charge in [-0.25, -0.2) is 4.79 Å². The summed E-state index contributed by atoms with van der Waals surface area (Å²) in [7, 11) is 0. The topological polar surface area (TPSA) is 163 Å². The fraction of sp³-hybridized carbons (Fsp3) is 0.562. The van der Waals surface area contributed by atoms with Gasteiger partial charge < -0.3 is 41.3 Å². The SMILES string of the molecule is O=C(NC1[C@@H](O)[C@H](O)C(O)[C@H](O)[C@H]1O)N[C@@H](CO)Cc1ccccc1. The summed E-state index contributed by atoms with van der Waals surface area (Å²) in [5, 5.41) is 62.8. The number of aliphatic hydroxyl groups excluding tert-OH is 6. The molecule has 0 aromatic heterocycles. The van der Waals surface area contributed by atoms with Crippen molar-refractivity contribution in [1.29, 1.82) is 0 Å². The van der Waals surface area contributed by atoms with E-state index in [-0.39, 0.29) is 6.61 Å². The fourth-order valence-corrected chi connectivity index (χ4v) is 2.84. The van der Waals surface area contributed by atoms with Gasteiger partial charge >= 0.3 is 6.03 Å². The lowest BCUT2D eigenvalue weighted by Crippen LogP contribution is -2.69. The molecular weight excluding hydrogens is 332 g/mol. The molecule has 9 nitrogen and oxygen atoms in total. The molecule has 0 bridgehead atoms. The third-order valence-corrected chi connectivity index (χ3v) is 4.31. The Bertz CT molecular complexity index is 543. The second-order valence-corrected chi connectivity index (χ2v) is 6.17. The van der Waals surface area contributed by atoms with Crippen LogP contribution >= 0.6 is 0 Å². The minimum atomic E-state index is -1.73. The first-order valence-corrected chi connectivity index (χ1v) is 7.97. The van der Waals surface area contributed by atoms with Crippen molar-refractivity contribution < 1.29 is 35.4 Å². The van der Waals surface area contributed by atoms with Gasteiger partial charge in [0, 0.05) is 0 Å². The number of nitrogens with one attached hydrogen (secondary N) is 2. The van der Waals surface area contributed by atoms with Crippen LogP contribution in [0.3, 0.4) is 0 Å². The zero-order valence-electron chi connectivity index (χ0n) is 13.4. The van der Waals surface area contributed by atoms with E-state index < -0.39 is 48.6 Å². The molecule has 9 heteroatoms. The smallest absolute Gasteiger partial charge is 0.315 e. The Morgan fingerprint density at radius 2 is 1.44 bits per heavy atom. The van der Waals surface area contributed by atoms with Crippen molar-refractivity contribution in [2.45, 2.75) is 49.0 Å². The number of carbonyl (C=O) groups excluding carboxylic acids is 1. The largest absolute Gasteiger partial charge is 0.394 e. The summed E-state index contributed by atoms with van der Waals surface area (Å²) in [6.45, 7) is -0.331. The summed E-state index contributed by atoms with van der Waals surface area (Å²) >= 11 is 0. The van der Waals surface area contributed by atoms with Gasteiger partial charge in [0.05, 0.1) is 18.7 Å². The molecule has 2 rings (SSSR count). The van der Waals surface area contributed by atoms with Gasteiger partial charge in [-0.15, -0.1) is 0 Å². The zero-order chi connectivity index (χ0) is 18.6. The van der Waals surface area contributed by atoms with Crippen molar-refractivity contribution >= 4 is 6.03 Å². The monoisotopic (exact) mass is 356 g/mol. The fourth-order valence-electron chi connectivity index (χ4n) is 2.84. The Morgan fingerprint density at radius 1 is 0.920 bits per heavy atom. The van der Waals surface area contributed by atoms with E-state index in [1.54, 1.807) is 0 Å². The van der Waals surface area contributed by atoms with Gasteiger partial charge in [0.25, 0.3) is 0 Å². The van der Waals surface area contributed by atoms with Gasteiger partial charge in [0.1, 0.15) is 30.5 Å². The Hall–Kier alpha value is -1.75. The molecule has 0 saturated heterocycles. The van der Waals surface area contributed by atoms with E-state index in [1.807, 2.05) is 30.3 Å². The Balaban J connectivity index is 1.95. The molecule has 0 heterocycles. The van der Waals surface area contributed by atoms with Gasteiger partial charge in [-0.1, -0.05) is 30.3 Å². The molecule has 140 valence electrons. The van der Waals surface area contributed by atoms with Crippen LogP contribution < -0.4 is 10.6 Å². The summed E-state index contributed by atoms with van der Waals surface area (Å²) in [5.41, 5.74) is 0.897. The van der Waals surface area contributed by atoms with Gasteiger partial charge in [-0.3, -0.25) is 0 Å². The van der Waals surface area contributed by atoms with Crippen LogP contribution in [0.1, 0.15) is 5.56 Å². The summed E-state index contributed by atoms with van der Waals surface area (Å²) in [4.78, 5) is 12.1. The summed E-state index contributed by atoms with van der Waals surface area (Å²) in [6, 6.07) is 6.38. The maximum absolute atomic E-state index is 12.1. The highest BCUT2D eigenvalue weighted by molar-refractivity contribution is 5.74. The van der Waals surface area contributed by atoms with E-state index in [4.69, 9.17) is 0 Å². The van der Waals surface area contributed by atoms with E-state index >= 15 is 0 Å². The van der Waals surface area contributed by atoms with Crippen molar-refractivity contribution in [1.82, 2.24) is 10.6 Å². The second-order valence-electron chi connectivity index (χ2n) is 6.17. The number of hydrogen-bond donors (Lipinski definition) is 8. The van der Waals surface area contributed by atoms with Crippen LogP contribution in [0.25, 0.3) is 0 Å². The zero-order valence-corrected chi connectivity index (χ0v) is 13.4. The molecular formula is C16H24N2O7. The average Bonchev–Trinajstić information content (AvgIpc) is 2.62. The van der Waals surface area contributed by atoms with Gasteiger partial charge in [-0.05, 0) is 12.0 Å². The highest BCUT2D eigenvalue weighted by atomic mass is 16.4. The number of hydrogen-bond acceptors (Lipinski definition) is 7. The van der Waals surface area contributed by atoms with Crippen molar-refractivity contribution in [2.24, 2.45) is 0 Å². The minimum Gasteiger partial charge on any atom is -0.394 e. The summed E-state index contributed by atoms with van der Waals surface area (Å²) < 4.78 is 0. The maximum atomic E-state index is 12.1. The van der Waals surface area contributed by atoms with Gasteiger partial charge in [0.2, 0.25) is 0 Å². The van der Waals surface area contributed by atoms with E-state index in [0.717, 1.165) is 5.56 Å². The van der Waals surface area contributed by atoms with Crippen molar-refractivity contribution in [3.8, 4) is 0 Å². The number of urea groups is 1.